The van der Waals surface area contributed by atoms with Gasteiger partial charge in [0.1, 0.15) is 17.7 Å². The number of rotatable bonds is 8. The van der Waals surface area contributed by atoms with Crippen LogP contribution in [-0.4, -0.2) is 76.4 Å². The first-order chi connectivity index (χ1) is 21.3. The van der Waals surface area contributed by atoms with E-state index in [9.17, 15) is 14.4 Å². The average Bonchev–Trinajstić information content (AvgIpc) is 3.65. The number of likely N-dealkylation sites (tertiary alicyclic amines) is 1. The Morgan fingerprint density at radius 3 is 2.41 bits per heavy atom. The van der Waals surface area contributed by atoms with Crippen LogP contribution in [-0.2, 0) is 14.3 Å². The molecule has 244 valence electrons. The summed E-state index contributed by atoms with van der Waals surface area (Å²) in [7, 11) is 1.89. The lowest BCUT2D eigenvalue weighted by atomic mass is 9.54. The lowest BCUT2D eigenvalue weighted by Crippen LogP contribution is -2.57. The zero-order valence-corrected chi connectivity index (χ0v) is 28.2. The summed E-state index contributed by atoms with van der Waals surface area (Å²) in [6, 6.07) is -0.774. The Morgan fingerprint density at radius 2 is 1.68 bits per heavy atom. The number of amides is 3. The normalized spacial score (nSPS) is 39.7. The molecule has 6 atom stereocenters. The molecular formula is C35H53BrN4O4. The van der Waals surface area contributed by atoms with Crippen molar-refractivity contribution in [2.75, 3.05) is 20.1 Å². The standard InChI is InChI=1S/C35H53BrN4O4/c1-39(21-25-7-2-4-9-28(25)36)33(42)30(16-26-20-37-29-10-5-3-8-27(26)29)38-32(41)31-11-6-12-40(31)34(43)44-35-17-22-13-23(18-35)15-24(14-22)19-35/h20,22-25,27-31,37H,2-19,21H2,1H3,(H,38,41). The van der Waals surface area contributed by atoms with E-state index in [1.54, 1.807) is 4.90 Å². The second-order valence-corrected chi connectivity index (χ2v) is 16.9. The van der Waals surface area contributed by atoms with E-state index in [1.807, 2.05) is 11.9 Å². The van der Waals surface area contributed by atoms with Crippen molar-refractivity contribution >= 4 is 33.8 Å². The minimum Gasteiger partial charge on any atom is -0.443 e. The maximum absolute atomic E-state index is 14.1. The van der Waals surface area contributed by atoms with Gasteiger partial charge in [0.15, 0.2) is 0 Å². The van der Waals surface area contributed by atoms with Gasteiger partial charge in [-0.05, 0) is 119 Å². The zero-order valence-electron chi connectivity index (χ0n) is 26.6. The molecule has 6 unspecified atom stereocenters. The van der Waals surface area contributed by atoms with Gasteiger partial charge in [-0.1, -0.05) is 41.6 Å². The summed E-state index contributed by atoms with van der Waals surface area (Å²) in [5, 5.41) is 6.77. The molecule has 3 amide bonds. The maximum Gasteiger partial charge on any atom is 0.411 e. The molecule has 0 radical (unpaired) electrons. The van der Waals surface area contributed by atoms with Gasteiger partial charge in [-0.25, -0.2) is 4.79 Å². The van der Waals surface area contributed by atoms with Gasteiger partial charge < -0.3 is 20.3 Å². The number of fused-ring (bicyclic) bond motifs is 1. The van der Waals surface area contributed by atoms with E-state index in [4.69, 9.17) is 4.74 Å². The van der Waals surface area contributed by atoms with Gasteiger partial charge in [0.05, 0.1) is 0 Å². The van der Waals surface area contributed by atoms with Crippen LogP contribution in [0.1, 0.15) is 109 Å². The molecule has 1 saturated heterocycles. The molecule has 0 aromatic rings. The van der Waals surface area contributed by atoms with Crippen LogP contribution in [0.5, 0.6) is 0 Å². The second kappa shape index (κ2) is 12.8. The minimum absolute atomic E-state index is 0.0236. The van der Waals surface area contributed by atoms with Crippen LogP contribution >= 0.6 is 15.9 Å². The number of nitrogens with one attached hydrogen (secondary N) is 2. The molecule has 2 heterocycles. The molecule has 0 aromatic carbocycles. The van der Waals surface area contributed by atoms with Crippen LogP contribution in [0.15, 0.2) is 11.8 Å². The van der Waals surface area contributed by atoms with Gasteiger partial charge in [-0.15, -0.1) is 0 Å². The molecule has 4 bridgehead atoms. The van der Waals surface area contributed by atoms with Crippen LogP contribution in [0, 0.1) is 29.6 Å². The van der Waals surface area contributed by atoms with Crippen molar-refractivity contribution in [3.8, 4) is 0 Å². The topological polar surface area (TPSA) is 91.0 Å². The molecule has 8 rings (SSSR count). The molecule has 0 spiro atoms. The van der Waals surface area contributed by atoms with Crippen molar-refractivity contribution in [1.29, 1.82) is 0 Å². The van der Waals surface area contributed by atoms with Crippen molar-refractivity contribution in [3.63, 3.8) is 0 Å². The number of hydrogen-bond donors (Lipinski definition) is 2. The highest BCUT2D eigenvalue weighted by molar-refractivity contribution is 9.09. The monoisotopic (exact) mass is 672 g/mol. The van der Waals surface area contributed by atoms with E-state index >= 15 is 0 Å². The third kappa shape index (κ3) is 6.29. The van der Waals surface area contributed by atoms with E-state index in [0.717, 1.165) is 51.4 Å². The zero-order chi connectivity index (χ0) is 30.4. The van der Waals surface area contributed by atoms with Crippen molar-refractivity contribution < 1.29 is 19.1 Å². The molecule has 6 saturated carbocycles. The van der Waals surface area contributed by atoms with Crippen molar-refractivity contribution in [3.05, 3.63) is 11.8 Å². The SMILES string of the molecule is CN(CC1CCCCC1Br)C(=O)C(CC1=CNC2CCCCC12)NC(=O)C1CCCN1C(=O)OC12CC3CC(CC(C3)C1)C2. The Balaban J connectivity index is 1.03. The molecule has 8 nitrogen and oxygen atoms in total. The first kappa shape index (κ1) is 30.9. The molecule has 2 aliphatic heterocycles. The first-order valence-corrected chi connectivity index (χ1v) is 18.8. The highest BCUT2D eigenvalue weighted by atomic mass is 79.9. The highest BCUT2D eigenvalue weighted by Crippen LogP contribution is 2.57. The van der Waals surface area contributed by atoms with Gasteiger partial charge in [-0.3, -0.25) is 14.5 Å². The summed E-state index contributed by atoms with van der Waals surface area (Å²) in [4.78, 5) is 45.7. The van der Waals surface area contributed by atoms with E-state index < -0.39 is 12.1 Å². The Hall–Kier alpha value is -1.77. The van der Waals surface area contributed by atoms with E-state index in [-0.39, 0.29) is 23.5 Å². The number of halogens is 1. The maximum atomic E-state index is 14.1. The van der Waals surface area contributed by atoms with Crippen LogP contribution in [0.3, 0.4) is 0 Å². The van der Waals surface area contributed by atoms with E-state index in [1.165, 1.54) is 50.5 Å². The van der Waals surface area contributed by atoms with Gasteiger partial charge in [0.2, 0.25) is 11.8 Å². The molecule has 2 N–H and O–H groups in total. The lowest BCUT2D eigenvalue weighted by Gasteiger charge is -2.55. The summed E-state index contributed by atoms with van der Waals surface area (Å²) < 4.78 is 6.38. The second-order valence-electron chi connectivity index (χ2n) is 15.7. The minimum atomic E-state index is -0.639. The summed E-state index contributed by atoms with van der Waals surface area (Å²) in [6.45, 7) is 1.23. The van der Waals surface area contributed by atoms with Crippen molar-refractivity contribution in [2.24, 2.45) is 29.6 Å². The first-order valence-electron chi connectivity index (χ1n) is 17.9. The quantitative estimate of drug-likeness (QED) is 0.314. The largest absolute Gasteiger partial charge is 0.443 e. The smallest absolute Gasteiger partial charge is 0.411 e. The molecule has 8 aliphatic rings. The van der Waals surface area contributed by atoms with Crippen molar-refractivity contribution in [1.82, 2.24) is 20.4 Å². The Kier molecular flexibility index (Phi) is 8.97. The van der Waals surface area contributed by atoms with Gasteiger partial charge >= 0.3 is 6.09 Å². The van der Waals surface area contributed by atoms with Gasteiger partial charge in [-0.2, -0.15) is 0 Å². The Bertz CT molecular complexity index is 1110. The molecule has 6 aliphatic carbocycles. The fraction of sp³-hybridized carbons (Fsp3) is 0.857. The van der Waals surface area contributed by atoms with Gasteiger partial charge in [0.25, 0.3) is 0 Å². The summed E-state index contributed by atoms with van der Waals surface area (Å²) in [6.07, 6.45) is 20.0. The molecule has 44 heavy (non-hydrogen) atoms. The molecule has 7 fully saturated rings. The Labute approximate surface area is 272 Å². The van der Waals surface area contributed by atoms with Gasteiger partial charge in [0, 0.05) is 36.9 Å². The predicted octanol–water partition coefficient (Wildman–Crippen LogP) is 5.89. The highest BCUT2D eigenvalue weighted by Gasteiger charge is 2.54. The molecule has 0 aromatic heterocycles. The summed E-state index contributed by atoms with van der Waals surface area (Å²) in [5.41, 5.74) is 0.920. The number of carbonyl (C=O) groups excluding carboxylic acids is 3. The predicted molar refractivity (Wildman–Crippen MR) is 173 cm³/mol. The van der Waals surface area contributed by atoms with E-state index in [2.05, 4.69) is 32.8 Å². The van der Waals surface area contributed by atoms with Crippen LogP contribution < -0.4 is 10.6 Å². The fourth-order valence-electron chi connectivity index (χ4n) is 10.7. The van der Waals surface area contributed by atoms with Crippen LogP contribution in [0.4, 0.5) is 4.79 Å². The fourth-order valence-corrected chi connectivity index (χ4v) is 11.5. The van der Waals surface area contributed by atoms with E-state index in [0.29, 0.717) is 66.4 Å². The molecule has 9 heteroatoms. The summed E-state index contributed by atoms with van der Waals surface area (Å²) in [5.74, 6) is 2.69. The third-order valence-corrected chi connectivity index (χ3v) is 13.8. The Morgan fingerprint density at radius 1 is 1.00 bits per heavy atom. The summed E-state index contributed by atoms with van der Waals surface area (Å²) >= 11 is 3.87. The average molecular weight is 674 g/mol. The number of hydrogen-bond acceptors (Lipinski definition) is 5. The van der Waals surface area contributed by atoms with Crippen molar-refractivity contribution in [2.45, 2.75) is 138 Å². The number of likely N-dealkylation sites (N-methyl/N-ethyl adjacent to an activating group) is 1. The van der Waals surface area contributed by atoms with Crippen LogP contribution in [0.25, 0.3) is 0 Å². The third-order valence-electron chi connectivity index (χ3n) is 12.6. The number of nitrogens with zero attached hydrogens (tertiary/aromatic N) is 2. The van der Waals surface area contributed by atoms with Crippen LogP contribution in [0.2, 0.25) is 0 Å². The number of ether oxygens (including phenoxy) is 1. The lowest BCUT2D eigenvalue weighted by molar-refractivity contribution is -0.140. The number of alkyl halides is 1. The number of carbonyl (C=O) groups is 3. The molecular weight excluding hydrogens is 620 g/mol.